The molecule has 0 unspecified atom stereocenters. The summed E-state index contributed by atoms with van der Waals surface area (Å²) in [5, 5.41) is 4.58. The van der Waals surface area contributed by atoms with E-state index in [4.69, 9.17) is 46.4 Å². The summed E-state index contributed by atoms with van der Waals surface area (Å²) in [6.07, 6.45) is 1.11. The van der Waals surface area contributed by atoms with E-state index in [1.54, 1.807) is 24.3 Å². The number of sulfonamides is 1. The Kier molecular flexibility index (Phi) is 11.0. The normalized spacial score (nSPS) is 15.1. The molecular weight excluding hydrogens is 684 g/mol. The lowest BCUT2D eigenvalue weighted by Crippen LogP contribution is -2.36. The number of amidine groups is 1. The number of rotatable bonds is 10. The summed E-state index contributed by atoms with van der Waals surface area (Å²) < 4.78 is 25.5. The first-order valence-corrected chi connectivity index (χ1v) is 16.9. The van der Waals surface area contributed by atoms with Crippen molar-refractivity contribution >= 4 is 108 Å². The molecule has 1 fully saturated rings. The molecule has 0 atom stereocenters. The van der Waals surface area contributed by atoms with Gasteiger partial charge in [0.15, 0.2) is 11.5 Å². The molecule has 3 aromatic carbocycles. The fraction of sp³-hybridized carbons (Fsp3) is 0.241. The van der Waals surface area contributed by atoms with Crippen LogP contribution in [0.3, 0.4) is 0 Å². The van der Waals surface area contributed by atoms with Crippen molar-refractivity contribution in [1.29, 1.82) is 0 Å². The van der Waals surface area contributed by atoms with Gasteiger partial charge in [0.2, 0.25) is 15.9 Å². The summed E-state index contributed by atoms with van der Waals surface area (Å²) in [5.41, 5.74) is 5.82. The van der Waals surface area contributed by atoms with E-state index in [-0.39, 0.29) is 55.5 Å². The van der Waals surface area contributed by atoms with E-state index in [0.717, 1.165) is 22.5 Å². The molecule has 1 aliphatic rings. The Hall–Kier alpha value is -3.39. The maximum absolute atomic E-state index is 13.9. The minimum atomic E-state index is -3.31. The molecule has 1 saturated heterocycles. The smallest absolute Gasteiger partial charge is 0.299 e. The van der Waals surface area contributed by atoms with Crippen molar-refractivity contribution in [2.75, 3.05) is 41.1 Å². The highest BCUT2D eigenvalue weighted by Crippen LogP contribution is 2.38. The van der Waals surface area contributed by atoms with Gasteiger partial charge >= 0.3 is 0 Å². The van der Waals surface area contributed by atoms with E-state index in [0.29, 0.717) is 24.5 Å². The summed E-state index contributed by atoms with van der Waals surface area (Å²) in [6.45, 7) is 6.50. The molecular formula is C29H29Cl4N7O4S. The van der Waals surface area contributed by atoms with Crippen molar-refractivity contribution in [2.24, 2.45) is 9.98 Å². The van der Waals surface area contributed by atoms with E-state index in [9.17, 15) is 18.0 Å². The molecule has 1 aliphatic heterocycles. The number of amides is 2. The van der Waals surface area contributed by atoms with E-state index in [1.165, 1.54) is 19.1 Å². The molecule has 3 N–H and O–H groups in total. The predicted molar refractivity (Wildman–Crippen MR) is 184 cm³/mol. The lowest BCUT2D eigenvalue weighted by molar-refractivity contribution is -0.114. The molecule has 1 heterocycles. The van der Waals surface area contributed by atoms with Gasteiger partial charge in [-0.1, -0.05) is 46.4 Å². The van der Waals surface area contributed by atoms with Gasteiger partial charge in [-0.2, -0.15) is 0 Å². The maximum atomic E-state index is 13.9. The van der Waals surface area contributed by atoms with Gasteiger partial charge in [0.05, 0.1) is 32.7 Å². The summed E-state index contributed by atoms with van der Waals surface area (Å²) >= 11 is 25.4. The number of benzene rings is 3. The van der Waals surface area contributed by atoms with Crippen molar-refractivity contribution in [2.45, 2.75) is 20.8 Å². The molecule has 3 aromatic rings. The van der Waals surface area contributed by atoms with E-state index < -0.39 is 15.9 Å². The fourth-order valence-electron chi connectivity index (χ4n) is 4.42. The Labute approximate surface area is 281 Å². The van der Waals surface area contributed by atoms with Gasteiger partial charge in [-0.3, -0.25) is 15.0 Å². The van der Waals surface area contributed by atoms with Crippen LogP contribution in [0.5, 0.6) is 0 Å². The van der Waals surface area contributed by atoms with Crippen LogP contribution in [0, 0.1) is 6.92 Å². The second-order valence-corrected chi connectivity index (χ2v) is 13.4. The highest BCUT2D eigenvalue weighted by Gasteiger charge is 2.37. The van der Waals surface area contributed by atoms with Crippen LogP contribution in [0.25, 0.3) is 0 Å². The first-order chi connectivity index (χ1) is 21.2. The van der Waals surface area contributed by atoms with Crippen molar-refractivity contribution in [3.05, 3.63) is 74.2 Å². The van der Waals surface area contributed by atoms with E-state index >= 15 is 0 Å². The Balaban J connectivity index is 1.77. The van der Waals surface area contributed by atoms with Gasteiger partial charge in [-0.05, 0) is 67.9 Å². The van der Waals surface area contributed by atoms with Crippen molar-refractivity contribution < 1.29 is 18.0 Å². The van der Waals surface area contributed by atoms with Crippen LogP contribution in [-0.4, -0.2) is 57.7 Å². The molecule has 4 rings (SSSR count). The average Bonchev–Trinajstić information content (AvgIpc) is 3.22. The molecule has 2 amide bonds. The number of hydrazine groups is 1. The molecule has 45 heavy (non-hydrogen) atoms. The van der Waals surface area contributed by atoms with Crippen LogP contribution >= 0.6 is 46.4 Å². The SMILES string of the molecule is CCN(CCNS(C)(=O)=O)c1ccc(N=C2C(=O)N(c3c(Cl)cc(Cl)cc3Cl)NC2=Nc2cc(NC(C)=O)ccc2Cl)c(C)c1. The minimum Gasteiger partial charge on any atom is -0.370 e. The molecule has 0 spiro atoms. The number of likely N-dealkylation sites (N-methyl/N-ethyl adjacent to an activating group) is 1. The molecule has 16 heteroatoms. The second kappa shape index (κ2) is 14.4. The Bertz CT molecular complexity index is 1810. The lowest BCUT2D eigenvalue weighted by atomic mass is 10.1. The second-order valence-electron chi connectivity index (χ2n) is 9.96. The average molecular weight is 713 g/mol. The number of hydrogen-bond acceptors (Lipinski definition) is 7. The highest BCUT2D eigenvalue weighted by atomic mass is 35.5. The number of nitrogens with zero attached hydrogens (tertiary/aromatic N) is 4. The van der Waals surface area contributed by atoms with Crippen LogP contribution < -0.4 is 25.4 Å². The number of halogens is 4. The van der Waals surface area contributed by atoms with Gasteiger partial charge in [-0.15, -0.1) is 0 Å². The number of nitrogens with one attached hydrogen (secondary N) is 3. The summed E-state index contributed by atoms with van der Waals surface area (Å²) in [5.74, 6) is -0.827. The van der Waals surface area contributed by atoms with E-state index in [1.807, 2.05) is 30.9 Å². The van der Waals surface area contributed by atoms with Gasteiger partial charge in [-0.25, -0.2) is 28.1 Å². The standard InChI is InChI=1S/C29H29Cl4N7O4S/c1-5-39(11-10-34-45(4,43)44)20-7-9-24(16(2)12-20)36-26-28(37-25-15-19(35-17(3)41)6-8-21(25)31)38-40(29(26)42)27-22(32)13-18(30)14-23(27)33/h6-9,12-15,34H,5,10-11H2,1-4H3,(H,35,41)(H,37,38). The summed E-state index contributed by atoms with van der Waals surface area (Å²) in [4.78, 5) is 36.8. The number of carbonyl (C=O) groups excluding carboxylic acids is 2. The minimum absolute atomic E-state index is 0.0504. The van der Waals surface area contributed by atoms with Crippen LogP contribution in [0.2, 0.25) is 20.1 Å². The van der Waals surface area contributed by atoms with Crippen LogP contribution in [0.15, 0.2) is 58.5 Å². The number of aryl methyl sites for hydroxylation is 1. The Morgan fingerprint density at radius 1 is 0.978 bits per heavy atom. The number of carbonyl (C=O) groups is 2. The molecule has 0 aliphatic carbocycles. The lowest BCUT2D eigenvalue weighted by Gasteiger charge is -2.23. The zero-order chi connectivity index (χ0) is 33.1. The Morgan fingerprint density at radius 3 is 2.27 bits per heavy atom. The molecule has 0 aromatic heterocycles. The van der Waals surface area contributed by atoms with Gasteiger partial charge in [0.25, 0.3) is 5.91 Å². The number of hydrogen-bond donors (Lipinski definition) is 3. The first-order valence-electron chi connectivity index (χ1n) is 13.5. The summed E-state index contributed by atoms with van der Waals surface area (Å²) in [6, 6.07) is 13.1. The van der Waals surface area contributed by atoms with Gasteiger partial charge in [0, 0.05) is 43.0 Å². The molecule has 0 bridgehead atoms. The van der Waals surface area contributed by atoms with Crippen molar-refractivity contribution in [1.82, 2.24) is 10.1 Å². The predicted octanol–water partition coefficient (Wildman–Crippen LogP) is 6.30. The van der Waals surface area contributed by atoms with E-state index in [2.05, 4.69) is 25.4 Å². The third-order valence-electron chi connectivity index (χ3n) is 6.46. The van der Waals surface area contributed by atoms with Crippen LogP contribution in [0.4, 0.5) is 28.4 Å². The zero-order valence-corrected chi connectivity index (χ0v) is 28.4. The third kappa shape index (κ3) is 8.66. The third-order valence-corrected chi connectivity index (χ3v) is 8.30. The van der Waals surface area contributed by atoms with Crippen LogP contribution in [-0.2, 0) is 19.6 Å². The number of anilines is 3. The van der Waals surface area contributed by atoms with Gasteiger partial charge in [0.1, 0.15) is 5.69 Å². The quantitative estimate of drug-likeness (QED) is 0.226. The molecule has 11 nitrogen and oxygen atoms in total. The topological polar surface area (TPSA) is 136 Å². The highest BCUT2D eigenvalue weighted by molar-refractivity contribution is 7.88. The zero-order valence-electron chi connectivity index (χ0n) is 24.6. The summed E-state index contributed by atoms with van der Waals surface area (Å²) in [7, 11) is -3.31. The first kappa shape index (κ1) is 34.5. The molecule has 0 radical (unpaired) electrons. The van der Waals surface area contributed by atoms with Crippen LogP contribution in [0.1, 0.15) is 19.4 Å². The molecule has 238 valence electrons. The molecule has 0 saturated carbocycles. The maximum Gasteiger partial charge on any atom is 0.299 e. The largest absolute Gasteiger partial charge is 0.370 e. The fourth-order valence-corrected chi connectivity index (χ4v) is 6.03. The van der Waals surface area contributed by atoms with Crippen molar-refractivity contribution in [3.63, 3.8) is 0 Å². The Morgan fingerprint density at radius 2 is 1.67 bits per heavy atom. The van der Waals surface area contributed by atoms with Crippen molar-refractivity contribution in [3.8, 4) is 0 Å². The monoisotopic (exact) mass is 711 g/mol. The number of aliphatic imine (C=N–C) groups is 2. The van der Waals surface area contributed by atoms with Gasteiger partial charge < -0.3 is 10.2 Å².